The van der Waals surface area contributed by atoms with Crippen LogP contribution in [0.25, 0.3) is 0 Å². The molecular weight excluding hydrogens is 412 g/mol. The number of carbonyl (C=O) groups excluding carboxylic acids is 1. The van der Waals surface area contributed by atoms with Gasteiger partial charge < -0.3 is 14.8 Å². The smallest absolute Gasteiger partial charge is 0.251 e. The maximum Gasteiger partial charge on any atom is 0.251 e. The average Bonchev–Trinajstić information content (AvgIpc) is 3.03. The summed E-state index contributed by atoms with van der Waals surface area (Å²) < 4.78 is 10.6. The summed E-state index contributed by atoms with van der Waals surface area (Å²) in [5.74, 6) is 1.44. The van der Waals surface area contributed by atoms with Gasteiger partial charge in [-0.2, -0.15) is 0 Å². The summed E-state index contributed by atoms with van der Waals surface area (Å²) in [6.07, 6.45) is 4.33. The fraction of sp³-hybridized carbons (Fsp3) is 0.480. The number of fused-ring (bicyclic) bond motifs is 2. The minimum absolute atomic E-state index is 0.0683. The van der Waals surface area contributed by atoms with E-state index in [0.717, 1.165) is 18.6 Å². The zero-order valence-electron chi connectivity index (χ0n) is 18.7. The molecule has 2 aromatic carbocycles. The van der Waals surface area contributed by atoms with Crippen LogP contribution >= 0.6 is 11.6 Å². The van der Waals surface area contributed by atoms with Crippen LogP contribution in [0.4, 0.5) is 0 Å². The molecule has 0 spiro atoms. The number of hydrogen-bond donors (Lipinski definition) is 1. The fourth-order valence-electron chi connectivity index (χ4n) is 5.37. The predicted octanol–water partition coefficient (Wildman–Crippen LogP) is 5.15. The summed E-state index contributed by atoms with van der Waals surface area (Å²) in [6.45, 7) is 4.39. The third kappa shape index (κ3) is 4.39. The van der Waals surface area contributed by atoms with Gasteiger partial charge in [0.15, 0.2) is 0 Å². The summed E-state index contributed by atoms with van der Waals surface area (Å²) >= 11 is 6.20. The van der Waals surface area contributed by atoms with Gasteiger partial charge in [-0.25, -0.2) is 0 Å². The van der Waals surface area contributed by atoms with Gasteiger partial charge in [-0.15, -0.1) is 0 Å². The van der Waals surface area contributed by atoms with Gasteiger partial charge in [-0.05, 0) is 74.9 Å². The molecule has 2 bridgehead atoms. The van der Waals surface area contributed by atoms with E-state index >= 15 is 0 Å². The molecule has 5 nitrogen and oxygen atoms in total. The SMILES string of the molecule is COc1ccc(C(C)N2C3CCC2CC(NC(=O)c2ccc(OC)c(Cl)c2)C3)cc1C. The van der Waals surface area contributed by atoms with Crippen LogP contribution in [0.3, 0.4) is 0 Å². The number of hydrogen-bond acceptors (Lipinski definition) is 4. The molecule has 4 rings (SSSR count). The lowest BCUT2D eigenvalue weighted by atomic mass is 9.93. The lowest BCUT2D eigenvalue weighted by Gasteiger charge is -2.43. The third-order valence-electron chi connectivity index (χ3n) is 6.89. The van der Waals surface area contributed by atoms with Crippen molar-refractivity contribution in [3.05, 3.63) is 58.1 Å². The molecule has 2 aliphatic heterocycles. The molecule has 2 heterocycles. The summed E-state index contributed by atoms with van der Waals surface area (Å²) in [6, 6.07) is 13.2. The molecule has 2 aromatic rings. The Labute approximate surface area is 189 Å². The zero-order valence-corrected chi connectivity index (χ0v) is 19.4. The second-order valence-electron chi connectivity index (χ2n) is 8.73. The zero-order chi connectivity index (χ0) is 22.1. The Kier molecular flexibility index (Phi) is 6.44. The Morgan fingerprint density at radius 2 is 1.71 bits per heavy atom. The molecule has 0 aliphatic carbocycles. The van der Waals surface area contributed by atoms with Crippen molar-refractivity contribution in [3.63, 3.8) is 0 Å². The van der Waals surface area contributed by atoms with Gasteiger partial charge in [0.05, 0.1) is 19.2 Å². The van der Waals surface area contributed by atoms with Gasteiger partial charge in [0.1, 0.15) is 11.5 Å². The monoisotopic (exact) mass is 442 g/mol. The van der Waals surface area contributed by atoms with E-state index in [1.54, 1.807) is 32.4 Å². The summed E-state index contributed by atoms with van der Waals surface area (Å²) in [7, 11) is 3.28. The molecular formula is C25H31ClN2O3. The van der Waals surface area contributed by atoms with E-state index in [1.165, 1.54) is 24.0 Å². The van der Waals surface area contributed by atoms with Crippen molar-refractivity contribution in [1.82, 2.24) is 10.2 Å². The molecule has 166 valence electrons. The van der Waals surface area contributed by atoms with Crippen LogP contribution < -0.4 is 14.8 Å². The molecule has 31 heavy (non-hydrogen) atoms. The van der Waals surface area contributed by atoms with Gasteiger partial charge in [0.2, 0.25) is 0 Å². The van der Waals surface area contributed by atoms with Crippen LogP contribution in [-0.4, -0.2) is 43.2 Å². The third-order valence-corrected chi connectivity index (χ3v) is 7.18. The molecule has 3 unspecified atom stereocenters. The Morgan fingerprint density at radius 1 is 1.06 bits per heavy atom. The second kappa shape index (κ2) is 9.09. The largest absolute Gasteiger partial charge is 0.496 e. The van der Waals surface area contributed by atoms with Crippen molar-refractivity contribution in [1.29, 1.82) is 0 Å². The van der Waals surface area contributed by atoms with Crippen molar-refractivity contribution in [2.24, 2.45) is 0 Å². The van der Waals surface area contributed by atoms with E-state index in [0.29, 0.717) is 34.5 Å². The number of methoxy groups -OCH3 is 2. The number of ether oxygens (including phenoxy) is 2. The number of nitrogens with zero attached hydrogens (tertiary/aromatic N) is 1. The highest BCUT2D eigenvalue weighted by Crippen LogP contribution is 2.42. The predicted molar refractivity (Wildman–Crippen MR) is 123 cm³/mol. The molecule has 2 aliphatic rings. The first-order valence-corrected chi connectivity index (χ1v) is 11.4. The van der Waals surface area contributed by atoms with E-state index in [-0.39, 0.29) is 11.9 Å². The minimum Gasteiger partial charge on any atom is -0.496 e. The number of amides is 1. The minimum atomic E-state index is -0.0683. The molecule has 0 radical (unpaired) electrons. The van der Waals surface area contributed by atoms with Crippen molar-refractivity contribution in [2.45, 2.75) is 63.7 Å². The molecule has 3 atom stereocenters. The topological polar surface area (TPSA) is 50.8 Å². The molecule has 6 heteroatoms. The molecule has 1 amide bonds. The highest BCUT2D eigenvalue weighted by Gasteiger charge is 2.43. The van der Waals surface area contributed by atoms with Gasteiger partial charge in [-0.1, -0.05) is 23.7 Å². The molecule has 2 saturated heterocycles. The van der Waals surface area contributed by atoms with E-state index < -0.39 is 0 Å². The number of aryl methyl sites for hydroxylation is 1. The second-order valence-corrected chi connectivity index (χ2v) is 9.14. The highest BCUT2D eigenvalue weighted by atomic mass is 35.5. The molecule has 0 saturated carbocycles. The Bertz CT molecular complexity index is 950. The van der Waals surface area contributed by atoms with Crippen molar-refractivity contribution < 1.29 is 14.3 Å². The number of rotatable bonds is 6. The van der Waals surface area contributed by atoms with Crippen molar-refractivity contribution in [2.75, 3.05) is 14.2 Å². The fourth-order valence-corrected chi connectivity index (χ4v) is 5.63. The lowest BCUT2D eigenvalue weighted by Crippen LogP contribution is -2.51. The maximum absolute atomic E-state index is 12.8. The average molecular weight is 443 g/mol. The Morgan fingerprint density at radius 3 is 2.29 bits per heavy atom. The van der Waals surface area contributed by atoms with Gasteiger partial charge in [-0.3, -0.25) is 9.69 Å². The summed E-state index contributed by atoms with van der Waals surface area (Å²) in [5, 5.41) is 3.69. The van der Waals surface area contributed by atoms with Gasteiger partial charge >= 0.3 is 0 Å². The quantitative estimate of drug-likeness (QED) is 0.672. The van der Waals surface area contributed by atoms with E-state index in [1.807, 2.05) is 0 Å². The number of nitrogens with one attached hydrogen (secondary N) is 1. The summed E-state index contributed by atoms with van der Waals surface area (Å²) in [4.78, 5) is 15.5. The van der Waals surface area contributed by atoms with Crippen LogP contribution in [0, 0.1) is 6.92 Å². The maximum atomic E-state index is 12.8. The number of piperidine rings is 1. The van der Waals surface area contributed by atoms with E-state index in [4.69, 9.17) is 21.1 Å². The molecule has 2 fully saturated rings. The Balaban J connectivity index is 1.42. The normalized spacial score (nSPS) is 24.0. The summed E-state index contributed by atoms with van der Waals surface area (Å²) in [5.41, 5.74) is 3.06. The van der Waals surface area contributed by atoms with Crippen LogP contribution in [0.2, 0.25) is 5.02 Å². The van der Waals surface area contributed by atoms with Gasteiger partial charge in [0, 0.05) is 29.7 Å². The standard InChI is InChI=1S/C25H31ClN2O3/c1-15-11-17(5-9-23(15)30-3)16(2)28-20-7-8-21(28)14-19(13-20)27-25(29)18-6-10-24(31-4)22(26)12-18/h5-6,9-12,16,19-21H,7-8,13-14H2,1-4H3,(H,27,29). The highest BCUT2D eigenvalue weighted by molar-refractivity contribution is 6.32. The van der Waals surface area contributed by atoms with E-state index in [2.05, 4.69) is 42.3 Å². The van der Waals surface area contributed by atoms with Crippen LogP contribution in [-0.2, 0) is 0 Å². The number of benzene rings is 2. The molecule has 1 N–H and O–H groups in total. The van der Waals surface area contributed by atoms with Crippen LogP contribution in [0.15, 0.2) is 36.4 Å². The lowest BCUT2D eigenvalue weighted by molar-refractivity contribution is 0.0691. The van der Waals surface area contributed by atoms with E-state index in [9.17, 15) is 4.79 Å². The van der Waals surface area contributed by atoms with Crippen molar-refractivity contribution in [3.8, 4) is 11.5 Å². The number of carbonyl (C=O) groups is 1. The Hall–Kier alpha value is -2.24. The van der Waals surface area contributed by atoms with Gasteiger partial charge in [0.25, 0.3) is 5.91 Å². The molecule has 0 aromatic heterocycles. The first kappa shape index (κ1) is 22.0. The van der Waals surface area contributed by atoms with Crippen LogP contribution in [0.5, 0.6) is 11.5 Å². The first-order chi connectivity index (χ1) is 14.9. The first-order valence-electron chi connectivity index (χ1n) is 11.0. The van der Waals surface area contributed by atoms with Crippen LogP contribution in [0.1, 0.15) is 60.1 Å². The number of halogens is 1. The van der Waals surface area contributed by atoms with Crippen molar-refractivity contribution >= 4 is 17.5 Å².